The van der Waals surface area contributed by atoms with Crippen LogP contribution in [0.25, 0.3) is 0 Å². The number of non-ortho nitro benzene ring substituents is 1. The first-order chi connectivity index (χ1) is 12.5. The van der Waals surface area contributed by atoms with Crippen LogP contribution in [0.2, 0.25) is 0 Å². The number of carbonyl (C=O) groups is 2. The van der Waals surface area contributed by atoms with E-state index in [1.165, 1.54) is 24.3 Å². The number of nitro benzene ring substituents is 1. The number of nitro groups is 1. The lowest BCUT2D eigenvalue weighted by molar-refractivity contribution is -0.384. The van der Waals surface area contributed by atoms with Crippen LogP contribution in [0.1, 0.15) is 6.42 Å². The minimum absolute atomic E-state index is 0.152. The van der Waals surface area contributed by atoms with E-state index < -0.39 is 22.8 Å². The van der Waals surface area contributed by atoms with Gasteiger partial charge in [0.1, 0.15) is 6.04 Å². The molecule has 2 rings (SSSR count). The van der Waals surface area contributed by atoms with E-state index in [1.807, 2.05) is 0 Å². The van der Waals surface area contributed by atoms with E-state index in [2.05, 4.69) is 15.5 Å². The number of anilines is 1. The van der Waals surface area contributed by atoms with E-state index in [4.69, 9.17) is 4.74 Å². The Morgan fingerprint density at radius 2 is 2.08 bits per heavy atom. The maximum absolute atomic E-state index is 12.1. The predicted molar refractivity (Wildman–Crippen MR) is 93.0 cm³/mol. The number of benzene rings is 1. The molecule has 10 heteroatoms. The fraction of sp³-hybridized carbons (Fsp3) is 0.500. The van der Waals surface area contributed by atoms with Crippen molar-refractivity contribution in [1.82, 2.24) is 10.2 Å². The fourth-order valence-electron chi connectivity index (χ4n) is 2.56. The van der Waals surface area contributed by atoms with E-state index in [1.54, 1.807) is 0 Å². The number of hydrogen-bond acceptors (Lipinski definition) is 7. The summed E-state index contributed by atoms with van der Waals surface area (Å²) in [5.41, 5.74) is 0.0999. The summed E-state index contributed by atoms with van der Waals surface area (Å²) in [6, 6.07) is 4.45. The zero-order chi connectivity index (χ0) is 18.9. The summed E-state index contributed by atoms with van der Waals surface area (Å²) >= 11 is 0. The summed E-state index contributed by atoms with van der Waals surface area (Å²) in [5.74, 6) is -1.65. The van der Waals surface area contributed by atoms with Crippen LogP contribution in [-0.2, 0) is 14.3 Å². The van der Waals surface area contributed by atoms with Gasteiger partial charge in [0.05, 0.1) is 24.6 Å². The van der Waals surface area contributed by atoms with Gasteiger partial charge in [-0.05, 0) is 6.07 Å². The third-order valence-electron chi connectivity index (χ3n) is 3.95. The topological polar surface area (TPSA) is 134 Å². The molecule has 1 aliphatic rings. The summed E-state index contributed by atoms with van der Waals surface area (Å²) in [6.45, 7) is 4.02. The molecule has 1 amide bonds. The molecule has 1 fully saturated rings. The number of morpholine rings is 1. The van der Waals surface area contributed by atoms with Crippen molar-refractivity contribution in [3.8, 4) is 0 Å². The standard InChI is InChI=1S/C16H22N4O6/c21-15(18-12-2-1-3-13(10-12)20(24)25)11-14(16(22)23)17-4-5-19-6-8-26-9-7-19/h1-3,10,14,17H,4-9,11H2,(H,18,21)(H,22,23). The van der Waals surface area contributed by atoms with Crippen LogP contribution < -0.4 is 10.6 Å². The molecule has 1 atom stereocenters. The van der Waals surface area contributed by atoms with Crippen molar-refractivity contribution in [2.24, 2.45) is 0 Å². The number of aliphatic carboxylic acids is 1. The fourth-order valence-corrected chi connectivity index (χ4v) is 2.56. The van der Waals surface area contributed by atoms with Crippen molar-refractivity contribution in [2.75, 3.05) is 44.7 Å². The van der Waals surface area contributed by atoms with Crippen molar-refractivity contribution in [2.45, 2.75) is 12.5 Å². The number of carboxylic acids is 1. The highest BCUT2D eigenvalue weighted by Gasteiger charge is 2.21. The van der Waals surface area contributed by atoms with Crippen molar-refractivity contribution < 1.29 is 24.4 Å². The van der Waals surface area contributed by atoms with Gasteiger partial charge >= 0.3 is 5.97 Å². The summed E-state index contributed by atoms with van der Waals surface area (Å²) in [5, 5.41) is 25.4. The molecule has 10 nitrogen and oxygen atoms in total. The van der Waals surface area contributed by atoms with Crippen molar-refractivity contribution in [3.05, 3.63) is 34.4 Å². The number of nitrogens with one attached hydrogen (secondary N) is 2. The van der Waals surface area contributed by atoms with E-state index in [0.717, 1.165) is 13.1 Å². The van der Waals surface area contributed by atoms with Crippen molar-refractivity contribution in [3.63, 3.8) is 0 Å². The lowest BCUT2D eigenvalue weighted by Gasteiger charge is -2.27. The zero-order valence-electron chi connectivity index (χ0n) is 14.2. The summed E-state index contributed by atoms with van der Waals surface area (Å²) in [6.07, 6.45) is -0.277. The van der Waals surface area contributed by atoms with Crippen LogP contribution in [0.3, 0.4) is 0 Å². The number of carboxylic acid groups (broad SMARTS) is 1. The third kappa shape index (κ3) is 6.39. The van der Waals surface area contributed by atoms with Gasteiger partial charge < -0.3 is 20.5 Å². The molecule has 1 unspecified atom stereocenters. The SMILES string of the molecule is O=C(CC(NCCN1CCOCC1)C(=O)O)Nc1cccc([N+](=O)[O-])c1. The number of carbonyl (C=O) groups excluding carboxylic acids is 1. The van der Waals surface area contributed by atoms with E-state index in [9.17, 15) is 24.8 Å². The van der Waals surface area contributed by atoms with Crippen LogP contribution in [-0.4, -0.2) is 72.2 Å². The lowest BCUT2D eigenvalue weighted by atomic mass is 10.2. The molecule has 1 heterocycles. The quantitative estimate of drug-likeness (QED) is 0.420. The number of hydrogen-bond donors (Lipinski definition) is 3. The monoisotopic (exact) mass is 366 g/mol. The van der Waals surface area contributed by atoms with Gasteiger partial charge in [0, 0.05) is 44.0 Å². The number of ether oxygens (including phenoxy) is 1. The molecule has 1 aromatic rings. The van der Waals surface area contributed by atoms with Gasteiger partial charge in [-0.1, -0.05) is 6.07 Å². The Balaban J connectivity index is 1.82. The van der Waals surface area contributed by atoms with E-state index >= 15 is 0 Å². The first-order valence-corrected chi connectivity index (χ1v) is 8.26. The lowest BCUT2D eigenvalue weighted by Crippen LogP contribution is -2.45. The zero-order valence-corrected chi connectivity index (χ0v) is 14.2. The van der Waals surface area contributed by atoms with Crippen LogP contribution in [0, 0.1) is 10.1 Å². The molecular weight excluding hydrogens is 344 g/mol. The van der Waals surface area contributed by atoms with E-state index in [-0.39, 0.29) is 17.8 Å². The van der Waals surface area contributed by atoms with Gasteiger partial charge in [0.15, 0.2) is 0 Å². The van der Waals surface area contributed by atoms with Gasteiger partial charge in [-0.3, -0.25) is 24.6 Å². The van der Waals surface area contributed by atoms with Gasteiger partial charge in [-0.25, -0.2) is 0 Å². The highest BCUT2D eigenvalue weighted by Crippen LogP contribution is 2.17. The molecule has 0 saturated carbocycles. The first kappa shape index (κ1) is 19.8. The molecule has 0 radical (unpaired) electrons. The summed E-state index contributed by atoms with van der Waals surface area (Å²) in [4.78, 5) is 35.7. The second-order valence-electron chi connectivity index (χ2n) is 5.86. The maximum atomic E-state index is 12.1. The van der Waals surface area contributed by atoms with Gasteiger partial charge in [0.25, 0.3) is 5.69 Å². The average Bonchev–Trinajstić information content (AvgIpc) is 2.61. The second kappa shape index (κ2) is 9.80. The molecule has 1 aromatic carbocycles. The first-order valence-electron chi connectivity index (χ1n) is 8.26. The second-order valence-corrected chi connectivity index (χ2v) is 5.86. The molecular formula is C16H22N4O6. The largest absolute Gasteiger partial charge is 0.480 e. The van der Waals surface area contributed by atoms with Crippen LogP contribution in [0.4, 0.5) is 11.4 Å². The van der Waals surface area contributed by atoms with Crippen LogP contribution >= 0.6 is 0 Å². The van der Waals surface area contributed by atoms with Gasteiger partial charge in [0.2, 0.25) is 5.91 Å². The molecule has 26 heavy (non-hydrogen) atoms. The number of nitrogens with zero attached hydrogens (tertiary/aromatic N) is 2. The van der Waals surface area contributed by atoms with Crippen molar-refractivity contribution >= 4 is 23.3 Å². The Kier molecular flexibility index (Phi) is 7.45. The minimum Gasteiger partial charge on any atom is -0.480 e. The highest BCUT2D eigenvalue weighted by molar-refractivity contribution is 5.94. The maximum Gasteiger partial charge on any atom is 0.321 e. The molecule has 3 N–H and O–H groups in total. The Labute approximate surface area is 150 Å². The van der Waals surface area contributed by atoms with E-state index in [0.29, 0.717) is 26.3 Å². The predicted octanol–water partition coefficient (Wildman–Crippen LogP) is 0.298. The molecule has 0 aromatic heterocycles. The molecule has 1 saturated heterocycles. The molecule has 0 aliphatic carbocycles. The normalized spacial score (nSPS) is 16.0. The summed E-state index contributed by atoms with van der Waals surface area (Å²) in [7, 11) is 0. The Morgan fingerprint density at radius 1 is 1.35 bits per heavy atom. The van der Waals surface area contributed by atoms with Gasteiger partial charge in [-0.15, -0.1) is 0 Å². The molecule has 142 valence electrons. The third-order valence-corrected chi connectivity index (χ3v) is 3.95. The Morgan fingerprint density at radius 3 is 2.73 bits per heavy atom. The molecule has 0 bridgehead atoms. The van der Waals surface area contributed by atoms with Crippen LogP contribution in [0.5, 0.6) is 0 Å². The van der Waals surface area contributed by atoms with Crippen LogP contribution in [0.15, 0.2) is 24.3 Å². The highest BCUT2D eigenvalue weighted by atomic mass is 16.6. The summed E-state index contributed by atoms with van der Waals surface area (Å²) < 4.78 is 5.25. The molecule has 0 spiro atoms. The smallest absolute Gasteiger partial charge is 0.321 e. The molecule has 1 aliphatic heterocycles. The van der Waals surface area contributed by atoms with Gasteiger partial charge in [-0.2, -0.15) is 0 Å². The average molecular weight is 366 g/mol. The van der Waals surface area contributed by atoms with Crippen molar-refractivity contribution in [1.29, 1.82) is 0 Å². The number of amides is 1. The minimum atomic E-state index is -1.12. The Hall–Kier alpha value is -2.56. The number of rotatable bonds is 9. The Bertz CT molecular complexity index is 647.